The maximum atomic E-state index is 5.19. The number of nitrogens with one attached hydrogen (secondary N) is 1. The highest BCUT2D eigenvalue weighted by atomic mass is 32.2. The summed E-state index contributed by atoms with van der Waals surface area (Å²) in [6, 6.07) is 15.3. The highest BCUT2D eigenvalue weighted by Gasteiger charge is 2.10. The molecule has 0 radical (unpaired) electrons. The molecule has 3 heteroatoms. The zero-order valence-electron chi connectivity index (χ0n) is 13.1. The second kappa shape index (κ2) is 7.53. The molecule has 0 fully saturated rings. The van der Waals surface area contributed by atoms with E-state index in [1.165, 1.54) is 21.6 Å². The lowest BCUT2D eigenvalue weighted by molar-refractivity contribution is 0.414. The normalized spacial score (nSPS) is 12.2. The fraction of sp³-hybridized carbons (Fsp3) is 0.333. The molecule has 2 aromatic carbocycles. The first kappa shape index (κ1) is 15.9. The SMILES string of the molecule is CNC(CSc1ccc(OC)cc1)c1ccc(C)c(C)c1. The second-order valence-electron chi connectivity index (χ2n) is 5.17. The monoisotopic (exact) mass is 301 g/mol. The first-order chi connectivity index (χ1) is 10.1. The van der Waals surface area contributed by atoms with Crippen molar-refractivity contribution in [2.24, 2.45) is 0 Å². The Morgan fingerprint density at radius 1 is 1.05 bits per heavy atom. The Hall–Kier alpha value is -1.45. The molecule has 1 N–H and O–H groups in total. The number of hydrogen-bond donors (Lipinski definition) is 1. The smallest absolute Gasteiger partial charge is 0.118 e. The van der Waals surface area contributed by atoms with Crippen LogP contribution in [0.2, 0.25) is 0 Å². The van der Waals surface area contributed by atoms with Gasteiger partial charge in [0.2, 0.25) is 0 Å². The predicted octanol–water partition coefficient (Wildman–Crippen LogP) is 4.36. The number of rotatable bonds is 6. The van der Waals surface area contributed by atoms with Crippen LogP contribution in [0.15, 0.2) is 47.4 Å². The summed E-state index contributed by atoms with van der Waals surface area (Å²) in [6.07, 6.45) is 0. The summed E-state index contributed by atoms with van der Waals surface area (Å²) in [5.41, 5.74) is 4.04. The summed E-state index contributed by atoms with van der Waals surface area (Å²) in [5, 5.41) is 3.41. The highest BCUT2D eigenvalue weighted by Crippen LogP contribution is 2.27. The molecule has 21 heavy (non-hydrogen) atoms. The van der Waals surface area contributed by atoms with Gasteiger partial charge in [-0.15, -0.1) is 11.8 Å². The molecular formula is C18H23NOS. The maximum Gasteiger partial charge on any atom is 0.118 e. The fourth-order valence-corrected chi connectivity index (χ4v) is 3.23. The second-order valence-corrected chi connectivity index (χ2v) is 6.26. The molecule has 0 aliphatic heterocycles. The molecule has 0 heterocycles. The van der Waals surface area contributed by atoms with Crippen LogP contribution in [-0.2, 0) is 0 Å². The minimum atomic E-state index is 0.358. The lowest BCUT2D eigenvalue weighted by Gasteiger charge is -2.17. The van der Waals surface area contributed by atoms with E-state index in [0.29, 0.717) is 6.04 Å². The molecule has 0 aromatic heterocycles. The molecule has 2 nitrogen and oxygen atoms in total. The van der Waals surface area contributed by atoms with E-state index in [2.05, 4.69) is 49.5 Å². The zero-order chi connectivity index (χ0) is 15.2. The van der Waals surface area contributed by atoms with Crippen molar-refractivity contribution in [1.29, 1.82) is 0 Å². The lowest BCUT2D eigenvalue weighted by atomic mass is 10.0. The van der Waals surface area contributed by atoms with E-state index in [1.807, 2.05) is 30.9 Å². The summed E-state index contributed by atoms with van der Waals surface area (Å²) in [7, 11) is 3.72. The Balaban J connectivity index is 2.02. The van der Waals surface area contributed by atoms with Gasteiger partial charge in [-0.1, -0.05) is 18.2 Å². The van der Waals surface area contributed by atoms with Crippen molar-refractivity contribution in [2.75, 3.05) is 19.9 Å². The summed E-state index contributed by atoms with van der Waals surface area (Å²) in [6.45, 7) is 4.32. The minimum Gasteiger partial charge on any atom is -0.497 e. The van der Waals surface area contributed by atoms with Crippen LogP contribution in [0.1, 0.15) is 22.7 Å². The average molecular weight is 301 g/mol. The third-order valence-corrected chi connectivity index (χ3v) is 4.86. The van der Waals surface area contributed by atoms with Crippen molar-refractivity contribution in [3.8, 4) is 5.75 Å². The van der Waals surface area contributed by atoms with E-state index < -0.39 is 0 Å². The molecule has 112 valence electrons. The number of hydrogen-bond acceptors (Lipinski definition) is 3. The van der Waals surface area contributed by atoms with Crippen molar-refractivity contribution in [3.05, 3.63) is 59.2 Å². The molecule has 0 saturated carbocycles. The largest absolute Gasteiger partial charge is 0.497 e. The van der Waals surface area contributed by atoms with Gasteiger partial charge in [-0.2, -0.15) is 0 Å². The molecule has 1 atom stereocenters. The van der Waals surface area contributed by atoms with Crippen molar-refractivity contribution in [2.45, 2.75) is 24.8 Å². The van der Waals surface area contributed by atoms with Crippen LogP contribution in [0.4, 0.5) is 0 Å². The number of benzene rings is 2. The summed E-state index contributed by atoms with van der Waals surface area (Å²) < 4.78 is 5.19. The Bertz CT molecular complexity index is 580. The van der Waals surface area contributed by atoms with E-state index in [0.717, 1.165) is 11.5 Å². The zero-order valence-corrected chi connectivity index (χ0v) is 14.0. The number of ether oxygens (including phenoxy) is 1. The molecule has 1 unspecified atom stereocenters. The topological polar surface area (TPSA) is 21.3 Å². The summed E-state index contributed by atoms with van der Waals surface area (Å²) in [4.78, 5) is 1.26. The Morgan fingerprint density at radius 2 is 1.76 bits per heavy atom. The van der Waals surface area contributed by atoms with Gasteiger partial charge in [-0.3, -0.25) is 0 Å². The van der Waals surface area contributed by atoms with Gasteiger partial charge in [-0.05, 0) is 61.9 Å². The van der Waals surface area contributed by atoms with Crippen molar-refractivity contribution in [3.63, 3.8) is 0 Å². The maximum absolute atomic E-state index is 5.19. The Kier molecular flexibility index (Phi) is 5.71. The van der Waals surface area contributed by atoms with Gasteiger partial charge < -0.3 is 10.1 Å². The molecule has 0 spiro atoms. The van der Waals surface area contributed by atoms with E-state index in [-0.39, 0.29) is 0 Å². The molecular weight excluding hydrogens is 278 g/mol. The van der Waals surface area contributed by atoms with Crippen LogP contribution in [0.5, 0.6) is 5.75 Å². The lowest BCUT2D eigenvalue weighted by Crippen LogP contribution is -2.18. The molecule has 2 rings (SSSR count). The average Bonchev–Trinajstić information content (AvgIpc) is 2.52. The Labute approximate surface area is 131 Å². The Morgan fingerprint density at radius 3 is 2.33 bits per heavy atom. The van der Waals surface area contributed by atoms with Crippen molar-refractivity contribution >= 4 is 11.8 Å². The molecule has 0 amide bonds. The highest BCUT2D eigenvalue weighted by molar-refractivity contribution is 7.99. The van der Waals surface area contributed by atoms with E-state index in [4.69, 9.17) is 4.74 Å². The van der Waals surface area contributed by atoms with Crippen LogP contribution in [0, 0.1) is 13.8 Å². The quantitative estimate of drug-likeness (QED) is 0.801. The third kappa shape index (κ3) is 4.26. The van der Waals surface area contributed by atoms with Crippen LogP contribution in [0.25, 0.3) is 0 Å². The predicted molar refractivity (Wildman–Crippen MR) is 91.4 cm³/mol. The van der Waals surface area contributed by atoms with Crippen LogP contribution in [0.3, 0.4) is 0 Å². The first-order valence-electron chi connectivity index (χ1n) is 7.15. The molecule has 0 aliphatic rings. The van der Waals surface area contributed by atoms with Gasteiger partial charge in [0.25, 0.3) is 0 Å². The van der Waals surface area contributed by atoms with Crippen LogP contribution < -0.4 is 10.1 Å². The molecule has 2 aromatic rings. The van der Waals surface area contributed by atoms with Crippen molar-refractivity contribution < 1.29 is 4.74 Å². The summed E-state index contributed by atoms with van der Waals surface area (Å²) in [5.74, 6) is 1.91. The molecule has 0 saturated heterocycles. The van der Waals surface area contributed by atoms with Gasteiger partial charge >= 0.3 is 0 Å². The number of aryl methyl sites for hydroxylation is 2. The summed E-state index contributed by atoms with van der Waals surface area (Å²) >= 11 is 1.86. The van der Waals surface area contributed by atoms with Gasteiger partial charge in [0.15, 0.2) is 0 Å². The van der Waals surface area contributed by atoms with Gasteiger partial charge in [-0.25, -0.2) is 0 Å². The van der Waals surface area contributed by atoms with Crippen LogP contribution >= 0.6 is 11.8 Å². The van der Waals surface area contributed by atoms with E-state index >= 15 is 0 Å². The van der Waals surface area contributed by atoms with Crippen LogP contribution in [-0.4, -0.2) is 19.9 Å². The fourth-order valence-electron chi connectivity index (χ4n) is 2.18. The number of methoxy groups -OCH3 is 1. The standard InChI is InChI=1S/C18H23NOS/c1-13-5-6-15(11-14(13)2)18(19-3)12-21-17-9-7-16(20-4)8-10-17/h5-11,18-19H,12H2,1-4H3. The third-order valence-electron chi connectivity index (χ3n) is 3.76. The van der Waals surface area contributed by atoms with Gasteiger partial charge in [0.05, 0.1) is 7.11 Å². The van der Waals surface area contributed by atoms with Gasteiger partial charge in [0.1, 0.15) is 5.75 Å². The van der Waals surface area contributed by atoms with E-state index in [9.17, 15) is 0 Å². The number of thioether (sulfide) groups is 1. The molecule has 0 bridgehead atoms. The minimum absolute atomic E-state index is 0.358. The molecule has 0 aliphatic carbocycles. The first-order valence-corrected chi connectivity index (χ1v) is 8.14. The van der Waals surface area contributed by atoms with Crippen molar-refractivity contribution in [1.82, 2.24) is 5.32 Å². The van der Waals surface area contributed by atoms with E-state index in [1.54, 1.807) is 7.11 Å². The van der Waals surface area contributed by atoms with Gasteiger partial charge in [0, 0.05) is 16.7 Å².